The number of nitrogens with one attached hydrogen (secondary N) is 1. The Balaban J connectivity index is 2.24. The highest BCUT2D eigenvalue weighted by molar-refractivity contribution is 6.05. The first-order chi connectivity index (χ1) is 10.5. The third-order valence-corrected chi connectivity index (χ3v) is 3.21. The van der Waals surface area contributed by atoms with Crippen LogP contribution < -0.4 is 15.2 Å². The molecule has 0 atom stereocenters. The Morgan fingerprint density at radius 2 is 1.91 bits per heavy atom. The number of ether oxygens (including phenoxy) is 1. The van der Waals surface area contributed by atoms with Gasteiger partial charge in [-0.2, -0.15) is 0 Å². The second kappa shape index (κ2) is 6.76. The van der Waals surface area contributed by atoms with Gasteiger partial charge in [0.2, 0.25) is 0 Å². The molecule has 0 aliphatic carbocycles. The summed E-state index contributed by atoms with van der Waals surface area (Å²) in [6.07, 6.45) is 0. The number of amides is 1. The van der Waals surface area contributed by atoms with Crippen molar-refractivity contribution in [2.45, 2.75) is 13.8 Å². The fourth-order valence-corrected chi connectivity index (χ4v) is 2.08. The number of carbonyl (C=O) groups is 2. The normalized spacial score (nSPS) is 10.1. The zero-order valence-corrected chi connectivity index (χ0v) is 12.4. The highest BCUT2D eigenvalue weighted by atomic mass is 16.5. The van der Waals surface area contributed by atoms with E-state index in [2.05, 4.69) is 5.32 Å². The monoisotopic (exact) mass is 298 g/mol. The van der Waals surface area contributed by atoms with Crippen molar-refractivity contribution in [3.8, 4) is 5.75 Å². The van der Waals surface area contributed by atoms with Gasteiger partial charge >= 0.3 is 0 Å². The number of benzene rings is 2. The molecule has 0 saturated heterocycles. The maximum absolute atomic E-state index is 12.3. The van der Waals surface area contributed by atoms with Crippen molar-refractivity contribution in [2.75, 3.05) is 11.9 Å². The Hall–Kier alpha value is -2.82. The van der Waals surface area contributed by atoms with E-state index in [0.29, 0.717) is 29.2 Å². The van der Waals surface area contributed by atoms with E-state index in [9.17, 15) is 14.7 Å². The molecule has 0 unspecified atom stereocenters. The van der Waals surface area contributed by atoms with Crippen LogP contribution in [0.4, 0.5) is 5.69 Å². The first-order valence-corrected chi connectivity index (χ1v) is 6.88. The Bertz CT molecular complexity index is 710. The van der Waals surface area contributed by atoms with Gasteiger partial charge < -0.3 is 20.0 Å². The summed E-state index contributed by atoms with van der Waals surface area (Å²) in [6.45, 7) is 4.00. The van der Waals surface area contributed by atoms with Crippen molar-refractivity contribution in [2.24, 2.45) is 0 Å². The Morgan fingerprint density at radius 1 is 1.18 bits per heavy atom. The lowest BCUT2D eigenvalue weighted by Crippen LogP contribution is -2.24. The molecule has 1 N–H and O–H groups in total. The molecule has 0 bridgehead atoms. The summed E-state index contributed by atoms with van der Waals surface area (Å²) in [5, 5.41) is 13.7. The van der Waals surface area contributed by atoms with E-state index < -0.39 is 5.97 Å². The van der Waals surface area contributed by atoms with Gasteiger partial charge in [0.15, 0.2) is 0 Å². The molecule has 0 heterocycles. The van der Waals surface area contributed by atoms with E-state index in [1.165, 1.54) is 6.07 Å². The lowest BCUT2D eigenvalue weighted by atomic mass is 10.1. The lowest BCUT2D eigenvalue weighted by Gasteiger charge is -2.13. The molecule has 2 aromatic rings. The van der Waals surface area contributed by atoms with Crippen molar-refractivity contribution in [1.29, 1.82) is 0 Å². The van der Waals surface area contributed by atoms with Crippen molar-refractivity contribution in [3.05, 3.63) is 59.2 Å². The molecular formula is C17H16NO4-. The summed E-state index contributed by atoms with van der Waals surface area (Å²) in [5.74, 6) is -0.998. The standard InChI is InChI=1S/C17H17NO4/c1-3-22-13-7-4-6-12(10-13)16(19)18-15-9-5-8-14(11(15)2)17(20)21/h4-10H,3H2,1-2H3,(H,18,19)(H,20,21)/p-1. The summed E-state index contributed by atoms with van der Waals surface area (Å²) >= 11 is 0. The second-order valence-corrected chi connectivity index (χ2v) is 4.68. The van der Waals surface area contributed by atoms with E-state index in [0.717, 1.165) is 0 Å². The number of carboxylic acid groups (broad SMARTS) is 1. The van der Waals surface area contributed by atoms with Gasteiger partial charge in [-0.25, -0.2) is 0 Å². The molecule has 114 valence electrons. The van der Waals surface area contributed by atoms with Gasteiger partial charge in [0, 0.05) is 16.8 Å². The fourth-order valence-electron chi connectivity index (χ4n) is 2.08. The smallest absolute Gasteiger partial charge is 0.255 e. The third kappa shape index (κ3) is 3.44. The van der Waals surface area contributed by atoms with Crippen LogP contribution in [0.5, 0.6) is 5.75 Å². The highest BCUT2D eigenvalue weighted by Gasteiger charge is 2.10. The van der Waals surface area contributed by atoms with Crippen LogP contribution in [-0.2, 0) is 0 Å². The zero-order valence-electron chi connectivity index (χ0n) is 12.4. The van der Waals surface area contributed by atoms with E-state index in [-0.39, 0.29) is 11.5 Å². The van der Waals surface area contributed by atoms with Crippen LogP contribution in [0.1, 0.15) is 33.2 Å². The van der Waals surface area contributed by atoms with Crippen molar-refractivity contribution in [3.63, 3.8) is 0 Å². The zero-order chi connectivity index (χ0) is 16.1. The highest BCUT2D eigenvalue weighted by Crippen LogP contribution is 2.20. The van der Waals surface area contributed by atoms with E-state index in [4.69, 9.17) is 4.74 Å². The predicted molar refractivity (Wildman–Crippen MR) is 81.1 cm³/mol. The minimum absolute atomic E-state index is 0.0564. The summed E-state index contributed by atoms with van der Waals surface area (Å²) in [4.78, 5) is 23.3. The largest absolute Gasteiger partial charge is 0.545 e. The summed E-state index contributed by atoms with van der Waals surface area (Å²) < 4.78 is 5.36. The van der Waals surface area contributed by atoms with Gasteiger partial charge in [-0.1, -0.05) is 18.2 Å². The molecule has 0 aromatic heterocycles. The van der Waals surface area contributed by atoms with Crippen LogP contribution in [-0.4, -0.2) is 18.5 Å². The first kappa shape index (κ1) is 15.6. The number of hydrogen-bond donors (Lipinski definition) is 1. The molecule has 0 aliphatic heterocycles. The molecule has 22 heavy (non-hydrogen) atoms. The van der Waals surface area contributed by atoms with E-state index in [1.807, 2.05) is 6.92 Å². The maximum atomic E-state index is 12.3. The molecule has 0 radical (unpaired) electrons. The van der Waals surface area contributed by atoms with Gasteiger partial charge in [-0.05, 0) is 43.7 Å². The van der Waals surface area contributed by atoms with Gasteiger partial charge in [0.25, 0.3) is 5.91 Å². The number of anilines is 1. The number of aromatic carboxylic acids is 1. The van der Waals surface area contributed by atoms with Gasteiger partial charge in [-0.3, -0.25) is 4.79 Å². The summed E-state index contributed by atoms with van der Waals surface area (Å²) in [5.41, 5.74) is 1.38. The van der Waals surface area contributed by atoms with Crippen LogP contribution in [0.2, 0.25) is 0 Å². The van der Waals surface area contributed by atoms with Crippen LogP contribution in [0.15, 0.2) is 42.5 Å². The van der Waals surface area contributed by atoms with Crippen molar-refractivity contribution in [1.82, 2.24) is 0 Å². The molecule has 5 nitrogen and oxygen atoms in total. The first-order valence-electron chi connectivity index (χ1n) is 6.88. The maximum Gasteiger partial charge on any atom is 0.255 e. The van der Waals surface area contributed by atoms with Crippen LogP contribution in [0, 0.1) is 6.92 Å². The van der Waals surface area contributed by atoms with Gasteiger partial charge in [0.05, 0.1) is 12.6 Å². The van der Waals surface area contributed by atoms with Crippen molar-refractivity contribution >= 4 is 17.6 Å². The second-order valence-electron chi connectivity index (χ2n) is 4.68. The third-order valence-electron chi connectivity index (χ3n) is 3.21. The number of rotatable bonds is 5. The molecule has 1 amide bonds. The van der Waals surface area contributed by atoms with E-state index in [1.54, 1.807) is 43.3 Å². The minimum atomic E-state index is -1.27. The fraction of sp³-hybridized carbons (Fsp3) is 0.176. The Morgan fingerprint density at radius 3 is 2.59 bits per heavy atom. The van der Waals surface area contributed by atoms with Crippen LogP contribution >= 0.6 is 0 Å². The Kier molecular flexibility index (Phi) is 4.78. The molecule has 5 heteroatoms. The minimum Gasteiger partial charge on any atom is -0.545 e. The molecule has 2 rings (SSSR count). The average Bonchev–Trinajstić information content (AvgIpc) is 2.49. The lowest BCUT2D eigenvalue weighted by molar-refractivity contribution is -0.255. The molecule has 0 spiro atoms. The molecule has 2 aromatic carbocycles. The van der Waals surface area contributed by atoms with Gasteiger partial charge in [-0.15, -0.1) is 0 Å². The molecular weight excluding hydrogens is 282 g/mol. The van der Waals surface area contributed by atoms with Gasteiger partial charge in [0.1, 0.15) is 5.75 Å². The predicted octanol–water partition coefficient (Wildman–Crippen LogP) is 2.01. The molecule has 0 saturated carbocycles. The number of carboxylic acids is 1. The Labute approximate surface area is 128 Å². The molecule has 0 fully saturated rings. The summed E-state index contributed by atoms with van der Waals surface area (Å²) in [7, 11) is 0. The van der Waals surface area contributed by atoms with Crippen LogP contribution in [0.3, 0.4) is 0 Å². The van der Waals surface area contributed by atoms with Crippen LogP contribution in [0.25, 0.3) is 0 Å². The quantitative estimate of drug-likeness (QED) is 0.916. The average molecular weight is 298 g/mol. The van der Waals surface area contributed by atoms with Crippen molar-refractivity contribution < 1.29 is 19.4 Å². The topological polar surface area (TPSA) is 78.5 Å². The SMILES string of the molecule is CCOc1cccc(C(=O)Nc2cccc(C(=O)[O-])c2C)c1. The number of carbonyl (C=O) groups excluding carboxylic acids is 2. The number of hydrogen-bond acceptors (Lipinski definition) is 4. The molecule has 0 aliphatic rings. The summed E-state index contributed by atoms with van der Waals surface area (Å²) in [6, 6.07) is 11.4. The van der Waals surface area contributed by atoms with E-state index >= 15 is 0 Å².